The molecule has 4 aromatic rings. The van der Waals surface area contributed by atoms with Crippen molar-refractivity contribution in [2.45, 2.75) is 39.5 Å². The molecule has 2 atom stereocenters. The van der Waals surface area contributed by atoms with Gasteiger partial charge < -0.3 is 25.0 Å². The van der Waals surface area contributed by atoms with Gasteiger partial charge in [0.05, 0.1) is 23.6 Å². The number of aliphatic hydroxyl groups is 1. The molecule has 0 aliphatic heterocycles. The molecule has 0 fully saturated rings. The van der Waals surface area contributed by atoms with E-state index < -0.39 is 22.1 Å². The fourth-order valence-electron chi connectivity index (χ4n) is 4.97. The Morgan fingerprint density at radius 3 is 2.18 bits per heavy atom. The number of aromatic carboxylic acids is 1. The van der Waals surface area contributed by atoms with Crippen molar-refractivity contribution in [3.63, 3.8) is 0 Å². The molecule has 0 spiro atoms. The van der Waals surface area contributed by atoms with Crippen LogP contribution in [0.1, 0.15) is 45.6 Å². The number of aliphatic hydroxyl groups excluding tert-OH is 1. The number of aryl methyl sites for hydroxylation is 2. The molecule has 232 valence electrons. The molecular formula is C34H38N2O7S. The minimum Gasteiger partial charge on any atom is -0.492 e. The number of rotatable bonds is 14. The zero-order valence-corrected chi connectivity index (χ0v) is 26.0. The fraction of sp³-hybridized carbons (Fsp3) is 0.265. The lowest BCUT2D eigenvalue weighted by molar-refractivity contribution is 0.0697. The molecule has 10 heteroatoms. The van der Waals surface area contributed by atoms with Gasteiger partial charge in [-0.1, -0.05) is 48.5 Å². The Morgan fingerprint density at radius 2 is 1.57 bits per heavy atom. The van der Waals surface area contributed by atoms with Crippen LogP contribution in [0.15, 0.2) is 84.9 Å². The first-order valence-corrected chi connectivity index (χ1v) is 16.1. The fourth-order valence-corrected chi connectivity index (χ4v) is 5.53. The zero-order chi connectivity index (χ0) is 31.9. The minimum absolute atomic E-state index is 0.242. The van der Waals surface area contributed by atoms with Crippen molar-refractivity contribution in [2.75, 3.05) is 24.1 Å². The van der Waals surface area contributed by atoms with Gasteiger partial charge >= 0.3 is 5.97 Å². The summed E-state index contributed by atoms with van der Waals surface area (Å²) in [5, 5.41) is 23.5. The van der Waals surface area contributed by atoms with Crippen LogP contribution in [0.3, 0.4) is 0 Å². The number of carboxylic acid groups (broad SMARTS) is 1. The third-order valence-electron chi connectivity index (χ3n) is 7.12. The van der Waals surface area contributed by atoms with Gasteiger partial charge in [-0.05, 0) is 90.6 Å². The number of carbonyl (C=O) groups is 1. The average Bonchev–Trinajstić information content (AvgIpc) is 2.98. The van der Waals surface area contributed by atoms with Gasteiger partial charge in [0.25, 0.3) is 0 Å². The van der Waals surface area contributed by atoms with E-state index in [1.807, 2.05) is 63.2 Å². The topological polar surface area (TPSA) is 134 Å². The van der Waals surface area contributed by atoms with Crippen molar-refractivity contribution >= 4 is 21.7 Å². The SMILES string of the molecule is Cc1cc(OCCN[C@@H](C)[C@H](O)c2ccc(OCc3ccccc3)c(NS(C)(=O)=O)c2)cc(C)c1-c1ccc(C(=O)O)cc1. The van der Waals surface area contributed by atoms with Crippen molar-refractivity contribution < 1.29 is 32.9 Å². The van der Waals surface area contributed by atoms with Crippen LogP contribution in [0.4, 0.5) is 5.69 Å². The number of carboxylic acids is 1. The summed E-state index contributed by atoms with van der Waals surface area (Å²) < 4.78 is 38.4. The standard InChI is InChI=1S/C34H38N2O7S/c1-22-18-29(19-23(2)32(22)26-10-12-27(13-11-26)34(38)39)42-17-16-35-24(3)33(37)28-14-15-31(30(20-28)36-44(4,40)41)43-21-25-8-6-5-7-9-25/h5-15,18-20,24,33,35-37H,16-17,21H2,1-4H3,(H,38,39)/t24-,33-/m0/s1. The number of hydrogen-bond acceptors (Lipinski definition) is 7. The molecule has 4 N–H and O–H groups in total. The maximum absolute atomic E-state index is 12.0. The largest absolute Gasteiger partial charge is 0.492 e. The van der Waals surface area contributed by atoms with Gasteiger partial charge in [0, 0.05) is 12.6 Å². The van der Waals surface area contributed by atoms with E-state index in [-0.39, 0.29) is 23.9 Å². The van der Waals surface area contributed by atoms with E-state index in [9.17, 15) is 18.3 Å². The molecule has 0 radical (unpaired) electrons. The van der Waals surface area contributed by atoms with E-state index in [0.717, 1.165) is 34.1 Å². The number of anilines is 1. The molecule has 0 unspecified atom stereocenters. The summed E-state index contributed by atoms with van der Waals surface area (Å²) in [6, 6.07) is 24.8. The molecule has 4 aromatic carbocycles. The lowest BCUT2D eigenvalue weighted by Gasteiger charge is -2.22. The van der Waals surface area contributed by atoms with Crippen LogP contribution in [-0.4, -0.2) is 50.0 Å². The van der Waals surface area contributed by atoms with E-state index in [1.165, 1.54) is 0 Å². The lowest BCUT2D eigenvalue weighted by Crippen LogP contribution is -2.35. The number of ether oxygens (including phenoxy) is 2. The smallest absolute Gasteiger partial charge is 0.335 e. The molecule has 9 nitrogen and oxygen atoms in total. The maximum Gasteiger partial charge on any atom is 0.335 e. The molecule has 4 rings (SSSR count). The number of sulfonamides is 1. The molecule has 0 saturated carbocycles. The average molecular weight is 619 g/mol. The molecule has 0 aliphatic carbocycles. The quantitative estimate of drug-likeness (QED) is 0.132. The Bertz CT molecular complexity index is 1670. The van der Waals surface area contributed by atoms with Crippen molar-refractivity contribution in [1.82, 2.24) is 5.32 Å². The molecule has 0 aliphatic rings. The van der Waals surface area contributed by atoms with Gasteiger partial charge in [-0.2, -0.15) is 0 Å². The van der Waals surface area contributed by atoms with Gasteiger partial charge in [0.1, 0.15) is 24.7 Å². The summed E-state index contributed by atoms with van der Waals surface area (Å²) in [4.78, 5) is 11.2. The van der Waals surface area contributed by atoms with Gasteiger partial charge in [-0.15, -0.1) is 0 Å². The van der Waals surface area contributed by atoms with Crippen molar-refractivity contribution in [3.8, 4) is 22.6 Å². The summed E-state index contributed by atoms with van der Waals surface area (Å²) in [5.41, 5.74) is 5.95. The third-order valence-corrected chi connectivity index (χ3v) is 7.71. The second-order valence-electron chi connectivity index (χ2n) is 10.8. The van der Waals surface area contributed by atoms with E-state index in [2.05, 4.69) is 10.0 Å². The number of benzene rings is 4. The molecule has 0 amide bonds. The maximum atomic E-state index is 12.0. The minimum atomic E-state index is -3.58. The van der Waals surface area contributed by atoms with E-state index in [0.29, 0.717) is 30.2 Å². The van der Waals surface area contributed by atoms with Crippen LogP contribution >= 0.6 is 0 Å². The van der Waals surface area contributed by atoms with Crippen LogP contribution in [0.5, 0.6) is 11.5 Å². The van der Waals surface area contributed by atoms with Gasteiger partial charge in [0.2, 0.25) is 10.0 Å². The van der Waals surface area contributed by atoms with Crippen molar-refractivity contribution in [1.29, 1.82) is 0 Å². The van der Waals surface area contributed by atoms with Crippen molar-refractivity contribution in [3.05, 3.63) is 113 Å². The molecule has 0 bridgehead atoms. The highest BCUT2D eigenvalue weighted by Gasteiger charge is 2.19. The predicted molar refractivity (Wildman–Crippen MR) is 172 cm³/mol. The van der Waals surface area contributed by atoms with Crippen LogP contribution in [0.25, 0.3) is 11.1 Å². The monoisotopic (exact) mass is 618 g/mol. The van der Waals surface area contributed by atoms with Crippen LogP contribution in [0.2, 0.25) is 0 Å². The lowest BCUT2D eigenvalue weighted by atomic mass is 9.95. The molecular weight excluding hydrogens is 580 g/mol. The summed E-state index contributed by atoms with van der Waals surface area (Å²) in [7, 11) is -3.58. The summed E-state index contributed by atoms with van der Waals surface area (Å²) >= 11 is 0. The number of nitrogens with one attached hydrogen (secondary N) is 2. The third kappa shape index (κ3) is 8.82. The number of hydrogen-bond donors (Lipinski definition) is 4. The Hall–Kier alpha value is -4.38. The predicted octanol–water partition coefficient (Wildman–Crippen LogP) is 5.71. The second kappa shape index (κ2) is 14.4. The van der Waals surface area contributed by atoms with Crippen LogP contribution < -0.4 is 19.5 Å². The van der Waals surface area contributed by atoms with E-state index in [1.54, 1.807) is 42.5 Å². The van der Waals surface area contributed by atoms with E-state index in [4.69, 9.17) is 14.6 Å². The van der Waals surface area contributed by atoms with Crippen LogP contribution in [0, 0.1) is 13.8 Å². The Balaban J connectivity index is 1.35. The normalized spacial score (nSPS) is 12.8. The Kier molecular flexibility index (Phi) is 10.6. The zero-order valence-electron chi connectivity index (χ0n) is 25.2. The highest BCUT2D eigenvalue weighted by Crippen LogP contribution is 2.32. The summed E-state index contributed by atoms with van der Waals surface area (Å²) in [6.07, 6.45) is 0.144. The van der Waals surface area contributed by atoms with Crippen LogP contribution in [-0.2, 0) is 16.6 Å². The Labute approximate surface area is 258 Å². The van der Waals surface area contributed by atoms with Gasteiger partial charge in [-0.25, -0.2) is 13.2 Å². The van der Waals surface area contributed by atoms with Crippen molar-refractivity contribution in [2.24, 2.45) is 0 Å². The second-order valence-corrected chi connectivity index (χ2v) is 12.5. The van der Waals surface area contributed by atoms with E-state index >= 15 is 0 Å². The first-order valence-electron chi connectivity index (χ1n) is 14.2. The first-order chi connectivity index (χ1) is 20.9. The Morgan fingerprint density at radius 1 is 0.909 bits per heavy atom. The molecule has 0 aromatic heterocycles. The van der Waals surface area contributed by atoms with Gasteiger partial charge in [-0.3, -0.25) is 4.72 Å². The molecule has 44 heavy (non-hydrogen) atoms. The summed E-state index contributed by atoms with van der Waals surface area (Å²) in [6.45, 7) is 6.90. The molecule has 0 saturated heterocycles. The highest BCUT2D eigenvalue weighted by molar-refractivity contribution is 7.92. The van der Waals surface area contributed by atoms with Gasteiger partial charge in [0.15, 0.2) is 0 Å². The highest BCUT2D eigenvalue weighted by atomic mass is 32.2. The molecule has 0 heterocycles. The summed E-state index contributed by atoms with van der Waals surface area (Å²) in [5.74, 6) is 0.113. The first kappa shape index (κ1) is 32.5.